The summed E-state index contributed by atoms with van der Waals surface area (Å²) in [6, 6.07) is 3.80. The number of rotatable bonds is 2. The molecule has 0 saturated heterocycles. The highest BCUT2D eigenvalue weighted by Gasteiger charge is 2.07. The van der Waals surface area contributed by atoms with Crippen LogP contribution >= 0.6 is 0 Å². The van der Waals surface area contributed by atoms with Gasteiger partial charge in [0.05, 0.1) is 24.0 Å². The summed E-state index contributed by atoms with van der Waals surface area (Å²) < 4.78 is 5.16. The van der Waals surface area contributed by atoms with Crippen LogP contribution in [0.4, 0.5) is 0 Å². The molecule has 4 heteroatoms. The van der Waals surface area contributed by atoms with E-state index in [0.717, 1.165) is 22.2 Å². The van der Waals surface area contributed by atoms with Crippen molar-refractivity contribution in [3.05, 3.63) is 29.6 Å². The number of aryl methyl sites for hydroxylation is 1. The number of aromatic amines is 1. The van der Waals surface area contributed by atoms with Gasteiger partial charge < -0.3 is 9.72 Å². The molecule has 0 aliphatic rings. The number of hydrogen-bond acceptors (Lipinski definition) is 3. The average Bonchev–Trinajstić information content (AvgIpc) is 2.66. The summed E-state index contributed by atoms with van der Waals surface area (Å²) in [4.78, 5) is 7.23. The molecular weight excluding hydrogens is 190 g/mol. The fourth-order valence-electron chi connectivity index (χ4n) is 1.59. The highest BCUT2D eigenvalue weighted by molar-refractivity contribution is 5.96. The van der Waals surface area contributed by atoms with Crippen LogP contribution in [0.2, 0.25) is 0 Å². The van der Waals surface area contributed by atoms with E-state index in [1.165, 1.54) is 0 Å². The first-order valence-electron chi connectivity index (χ1n) is 4.88. The Bertz CT molecular complexity index is 502. The van der Waals surface area contributed by atoms with Crippen molar-refractivity contribution in [2.75, 3.05) is 6.61 Å². The van der Waals surface area contributed by atoms with Crippen molar-refractivity contribution in [1.82, 2.24) is 9.97 Å². The van der Waals surface area contributed by atoms with Gasteiger partial charge in [0.25, 0.3) is 0 Å². The second-order valence-electron chi connectivity index (χ2n) is 3.35. The Hall–Kier alpha value is -1.84. The lowest BCUT2D eigenvalue weighted by Crippen LogP contribution is -2.04. The van der Waals surface area contributed by atoms with Gasteiger partial charge >= 0.3 is 0 Å². The van der Waals surface area contributed by atoms with Gasteiger partial charge in [-0.05, 0) is 31.5 Å². The van der Waals surface area contributed by atoms with E-state index >= 15 is 0 Å². The number of benzene rings is 1. The number of hydrogen-bond donors (Lipinski definition) is 2. The molecule has 0 fully saturated rings. The van der Waals surface area contributed by atoms with Crippen molar-refractivity contribution in [3.63, 3.8) is 0 Å². The first-order chi connectivity index (χ1) is 7.22. The summed E-state index contributed by atoms with van der Waals surface area (Å²) in [5.41, 5.74) is 3.72. The van der Waals surface area contributed by atoms with Gasteiger partial charge in [-0.2, -0.15) is 0 Å². The van der Waals surface area contributed by atoms with Crippen LogP contribution in [0.25, 0.3) is 11.0 Å². The predicted octanol–water partition coefficient (Wildman–Crippen LogP) is 2.23. The van der Waals surface area contributed by atoms with E-state index in [1.54, 1.807) is 6.33 Å². The van der Waals surface area contributed by atoms with Gasteiger partial charge in [0.15, 0.2) is 0 Å². The predicted molar refractivity (Wildman–Crippen MR) is 59.3 cm³/mol. The number of imidazole rings is 1. The first-order valence-corrected chi connectivity index (χ1v) is 4.88. The smallest absolute Gasteiger partial charge is 0.213 e. The quantitative estimate of drug-likeness (QED) is 0.580. The van der Waals surface area contributed by atoms with E-state index in [1.807, 2.05) is 26.0 Å². The van der Waals surface area contributed by atoms with Gasteiger partial charge in [-0.15, -0.1) is 0 Å². The molecule has 78 valence electrons. The Balaban J connectivity index is 2.49. The molecule has 0 aliphatic carbocycles. The summed E-state index contributed by atoms with van der Waals surface area (Å²) >= 11 is 0. The Morgan fingerprint density at radius 3 is 3.07 bits per heavy atom. The molecule has 1 heterocycles. The molecular formula is C11H13N3O. The van der Waals surface area contributed by atoms with Crippen molar-refractivity contribution in [3.8, 4) is 0 Å². The van der Waals surface area contributed by atoms with Crippen molar-refractivity contribution in [2.45, 2.75) is 13.8 Å². The third kappa shape index (κ3) is 1.70. The zero-order valence-electron chi connectivity index (χ0n) is 8.79. The molecule has 0 amide bonds. The Kier molecular flexibility index (Phi) is 2.41. The largest absolute Gasteiger partial charge is 0.478 e. The van der Waals surface area contributed by atoms with Crippen LogP contribution in [0, 0.1) is 12.3 Å². The van der Waals surface area contributed by atoms with Gasteiger partial charge in [-0.1, -0.05) is 0 Å². The number of fused-ring (bicyclic) bond motifs is 1. The summed E-state index contributed by atoms with van der Waals surface area (Å²) in [5.74, 6) is 0.206. The van der Waals surface area contributed by atoms with Crippen molar-refractivity contribution in [2.24, 2.45) is 0 Å². The van der Waals surface area contributed by atoms with Crippen LogP contribution in [0.1, 0.15) is 18.1 Å². The second kappa shape index (κ2) is 3.73. The van der Waals surface area contributed by atoms with E-state index in [9.17, 15) is 0 Å². The van der Waals surface area contributed by atoms with E-state index < -0.39 is 0 Å². The molecule has 1 aromatic carbocycles. The van der Waals surface area contributed by atoms with E-state index in [2.05, 4.69) is 9.97 Å². The Labute approximate surface area is 87.8 Å². The molecule has 0 bridgehead atoms. The van der Waals surface area contributed by atoms with Crippen molar-refractivity contribution in [1.29, 1.82) is 5.41 Å². The molecule has 2 aromatic rings. The molecule has 1 aromatic heterocycles. The molecule has 0 spiro atoms. The number of H-pyrrole nitrogens is 1. The maximum atomic E-state index is 7.70. The molecule has 2 rings (SSSR count). The molecule has 2 N–H and O–H groups in total. The fourth-order valence-corrected chi connectivity index (χ4v) is 1.59. The number of nitrogens with one attached hydrogen (secondary N) is 2. The van der Waals surface area contributed by atoms with Gasteiger partial charge in [0.2, 0.25) is 5.90 Å². The first kappa shape index (κ1) is 9.71. The van der Waals surface area contributed by atoms with E-state index in [4.69, 9.17) is 10.1 Å². The average molecular weight is 203 g/mol. The third-order valence-electron chi connectivity index (χ3n) is 2.27. The lowest BCUT2D eigenvalue weighted by atomic mass is 10.1. The normalized spacial score (nSPS) is 10.5. The van der Waals surface area contributed by atoms with Gasteiger partial charge in [-0.25, -0.2) is 4.98 Å². The highest BCUT2D eigenvalue weighted by Crippen LogP contribution is 2.17. The molecule has 0 atom stereocenters. The third-order valence-corrected chi connectivity index (χ3v) is 2.27. The van der Waals surface area contributed by atoms with Crippen LogP contribution in [-0.4, -0.2) is 22.5 Å². The molecule has 15 heavy (non-hydrogen) atoms. The maximum absolute atomic E-state index is 7.70. The van der Waals surface area contributed by atoms with Crippen LogP contribution in [0.3, 0.4) is 0 Å². The minimum Gasteiger partial charge on any atom is -0.478 e. The van der Waals surface area contributed by atoms with E-state index in [-0.39, 0.29) is 5.90 Å². The minimum atomic E-state index is 0.206. The van der Waals surface area contributed by atoms with Crippen molar-refractivity contribution < 1.29 is 4.74 Å². The lowest BCUT2D eigenvalue weighted by molar-refractivity contribution is 0.325. The minimum absolute atomic E-state index is 0.206. The highest BCUT2D eigenvalue weighted by atomic mass is 16.5. The molecule has 0 saturated carbocycles. The summed E-state index contributed by atoms with van der Waals surface area (Å²) in [5, 5.41) is 7.70. The van der Waals surface area contributed by atoms with Crippen LogP contribution in [-0.2, 0) is 4.74 Å². The van der Waals surface area contributed by atoms with Crippen molar-refractivity contribution >= 4 is 16.9 Å². The zero-order valence-corrected chi connectivity index (χ0v) is 8.79. The molecule has 0 aliphatic heterocycles. The number of ether oxygens (including phenoxy) is 1. The molecule has 0 unspecified atom stereocenters. The van der Waals surface area contributed by atoms with Gasteiger partial charge in [-0.3, -0.25) is 5.41 Å². The second-order valence-corrected chi connectivity index (χ2v) is 3.35. The Morgan fingerprint density at radius 1 is 1.53 bits per heavy atom. The number of nitrogens with zero attached hydrogens (tertiary/aromatic N) is 1. The monoisotopic (exact) mass is 203 g/mol. The summed E-state index contributed by atoms with van der Waals surface area (Å²) in [7, 11) is 0. The standard InChI is InChI=1S/C11H13N3O/c1-3-15-11(12)8-4-7(2)10-9(5-8)13-6-14-10/h4-6,12H,3H2,1-2H3,(H,13,14). The SMILES string of the molecule is CCOC(=N)c1cc(C)c2nc[nH]c2c1. The van der Waals surface area contributed by atoms with E-state index in [0.29, 0.717) is 6.61 Å². The van der Waals surface area contributed by atoms with Gasteiger partial charge in [0, 0.05) is 5.56 Å². The van der Waals surface area contributed by atoms with Crippen LogP contribution < -0.4 is 0 Å². The molecule has 0 radical (unpaired) electrons. The molecule has 4 nitrogen and oxygen atoms in total. The van der Waals surface area contributed by atoms with Crippen LogP contribution in [0.15, 0.2) is 18.5 Å². The zero-order chi connectivity index (χ0) is 10.8. The van der Waals surface area contributed by atoms with Gasteiger partial charge in [0.1, 0.15) is 0 Å². The Morgan fingerprint density at radius 2 is 2.33 bits per heavy atom. The van der Waals surface area contributed by atoms with Crippen LogP contribution in [0.5, 0.6) is 0 Å². The topological polar surface area (TPSA) is 61.8 Å². The summed E-state index contributed by atoms with van der Waals surface area (Å²) in [6.45, 7) is 4.36. The lowest BCUT2D eigenvalue weighted by Gasteiger charge is -2.06. The number of aromatic nitrogens is 2. The summed E-state index contributed by atoms with van der Waals surface area (Å²) in [6.07, 6.45) is 1.66. The maximum Gasteiger partial charge on any atom is 0.213 e. The fraction of sp³-hybridized carbons (Fsp3) is 0.273.